The molecule has 0 spiro atoms. The number of likely N-dealkylation sites (N-methyl/N-ethyl adjacent to an activating group) is 2. The van der Waals surface area contributed by atoms with Gasteiger partial charge in [-0.05, 0) is 44.7 Å². The molecule has 0 radical (unpaired) electrons. The van der Waals surface area contributed by atoms with Crippen LogP contribution in [0.5, 0.6) is 0 Å². The van der Waals surface area contributed by atoms with E-state index in [0.717, 1.165) is 19.3 Å². The Hall–Kier alpha value is -2.28. The largest absolute Gasteiger partial charge is 0.379 e. The molecule has 0 saturated carbocycles. The average Bonchev–Trinajstić information content (AvgIpc) is 3.46. The number of carbonyl (C=O) groups excluding carboxylic acids is 4. The highest BCUT2D eigenvalue weighted by atomic mass is 16.5. The smallest absolute Gasteiger partial charge is 0.245 e. The predicted molar refractivity (Wildman–Crippen MR) is 177 cm³/mol. The summed E-state index contributed by atoms with van der Waals surface area (Å²) in [6.07, 6.45) is 1.30. The van der Waals surface area contributed by atoms with Crippen molar-refractivity contribution in [2.24, 2.45) is 29.4 Å². The van der Waals surface area contributed by atoms with E-state index >= 15 is 0 Å². The summed E-state index contributed by atoms with van der Waals surface area (Å²) >= 11 is 0. The minimum absolute atomic E-state index is 0.0118. The Morgan fingerprint density at radius 3 is 2.04 bits per heavy atom. The molecule has 0 aromatic heterocycles. The van der Waals surface area contributed by atoms with Crippen LogP contribution < -0.4 is 16.4 Å². The number of nitrogens with one attached hydrogen (secondary N) is 2. The molecule has 0 aromatic rings. The Morgan fingerprint density at radius 1 is 0.956 bits per heavy atom. The molecule has 1 aliphatic heterocycles. The highest BCUT2D eigenvalue weighted by Crippen LogP contribution is 2.29. The Balaban J connectivity index is 3.25. The number of methoxy groups -OCH3 is 2. The van der Waals surface area contributed by atoms with Gasteiger partial charge in [0.15, 0.2) is 0 Å². The van der Waals surface area contributed by atoms with Crippen LogP contribution in [-0.2, 0) is 28.7 Å². The number of carbonyl (C=O) groups is 4. The molecule has 1 saturated heterocycles. The van der Waals surface area contributed by atoms with E-state index in [4.69, 9.17) is 15.2 Å². The highest BCUT2D eigenvalue weighted by Gasteiger charge is 2.43. The molecular formula is C33H64N6O6. The van der Waals surface area contributed by atoms with Crippen molar-refractivity contribution in [3.05, 3.63) is 0 Å². The lowest BCUT2D eigenvalue weighted by molar-refractivity contribution is -0.148. The maximum absolute atomic E-state index is 14.1. The molecule has 12 nitrogen and oxygen atoms in total. The van der Waals surface area contributed by atoms with Gasteiger partial charge in [-0.2, -0.15) is 0 Å². The van der Waals surface area contributed by atoms with Crippen LogP contribution in [0.25, 0.3) is 0 Å². The minimum Gasteiger partial charge on any atom is -0.379 e. The fraction of sp³-hybridized carbons (Fsp3) is 0.879. The first-order valence-corrected chi connectivity index (χ1v) is 16.7. The Bertz CT molecular complexity index is 939. The topological polar surface area (TPSA) is 147 Å². The number of hydrogen-bond donors (Lipinski definition) is 3. The quantitative estimate of drug-likeness (QED) is 0.194. The van der Waals surface area contributed by atoms with Crippen LogP contribution in [0.2, 0.25) is 0 Å². The fourth-order valence-corrected chi connectivity index (χ4v) is 6.77. The lowest BCUT2D eigenvalue weighted by Crippen LogP contribution is -2.59. The average molecular weight is 641 g/mol. The summed E-state index contributed by atoms with van der Waals surface area (Å²) in [6.45, 7) is 15.0. The Kier molecular flexibility index (Phi) is 17.6. The van der Waals surface area contributed by atoms with Gasteiger partial charge >= 0.3 is 0 Å². The van der Waals surface area contributed by atoms with Crippen molar-refractivity contribution in [1.82, 2.24) is 25.3 Å². The molecule has 0 unspecified atom stereocenters. The molecule has 4 N–H and O–H groups in total. The zero-order valence-corrected chi connectivity index (χ0v) is 30.1. The zero-order valence-electron chi connectivity index (χ0n) is 30.1. The van der Waals surface area contributed by atoms with Crippen molar-refractivity contribution < 1.29 is 28.7 Å². The summed E-state index contributed by atoms with van der Waals surface area (Å²) in [7, 11) is 8.60. The van der Waals surface area contributed by atoms with Crippen LogP contribution in [0.15, 0.2) is 0 Å². The van der Waals surface area contributed by atoms with Gasteiger partial charge in [0.2, 0.25) is 23.6 Å². The number of amides is 4. The lowest BCUT2D eigenvalue weighted by Gasteiger charge is -2.41. The predicted octanol–water partition coefficient (Wildman–Crippen LogP) is 1.71. The van der Waals surface area contributed by atoms with E-state index in [1.807, 2.05) is 65.4 Å². The highest BCUT2D eigenvalue weighted by molar-refractivity contribution is 5.90. The van der Waals surface area contributed by atoms with E-state index in [2.05, 4.69) is 17.6 Å². The molecular weight excluding hydrogens is 576 g/mol. The summed E-state index contributed by atoms with van der Waals surface area (Å²) in [6, 6.07) is -1.78. The van der Waals surface area contributed by atoms with Crippen LogP contribution in [0, 0.1) is 23.7 Å². The maximum atomic E-state index is 14.1. The first-order valence-electron chi connectivity index (χ1n) is 16.7. The monoisotopic (exact) mass is 640 g/mol. The molecule has 45 heavy (non-hydrogen) atoms. The molecule has 1 rings (SSSR count). The van der Waals surface area contributed by atoms with Crippen LogP contribution in [0.3, 0.4) is 0 Å². The first-order chi connectivity index (χ1) is 21.1. The lowest BCUT2D eigenvalue weighted by atomic mass is 9.89. The maximum Gasteiger partial charge on any atom is 0.245 e. The van der Waals surface area contributed by atoms with E-state index in [1.165, 1.54) is 0 Å². The summed E-state index contributed by atoms with van der Waals surface area (Å²) in [5.74, 6) is -1.21. The van der Waals surface area contributed by atoms with Crippen LogP contribution in [-0.4, -0.2) is 130 Å². The Morgan fingerprint density at radius 2 is 1.58 bits per heavy atom. The number of ether oxygens (including phenoxy) is 2. The fourth-order valence-electron chi connectivity index (χ4n) is 6.77. The standard InChI is InChI=1S/C33H64N6O6/c1-13-22(6)29(38(10)33(43)27(20(2)3)36-32(42)28(21(4)5)37(8)9)25(44-11)19-26(40)39-18-14-15-24(39)30(45-12)23(7)31(41)35-17-16-34/h20-25,27-30H,13-19,34H2,1-12H3,(H,35,41)(H,36,42)/t22-,23+,24-,25-,27-,28-,29-,30+/m0/s1. The summed E-state index contributed by atoms with van der Waals surface area (Å²) in [5.41, 5.74) is 5.55. The van der Waals surface area contributed by atoms with Gasteiger partial charge in [0, 0.05) is 40.9 Å². The Labute approximate surface area is 272 Å². The third-order valence-corrected chi connectivity index (χ3v) is 9.39. The van der Waals surface area contributed by atoms with Gasteiger partial charge in [-0.15, -0.1) is 0 Å². The molecule has 0 aromatic carbocycles. The van der Waals surface area contributed by atoms with Crippen molar-refractivity contribution in [2.75, 3.05) is 55.0 Å². The molecule has 8 atom stereocenters. The second-order valence-corrected chi connectivity index (χ2v) is 13.6. The molecule has 0 bridgehead atoms. The van der Waals surface area contributed by atoms with Gasteiger partial charge in [0.05, 0.1) is 42.7 Å². The van der Waals surface area contributed by atoms with E-state index in [1.54, 1.807) is 26.2 Å². The third-order valence-electron chi connectivity index (χ3n) is 9.39. The molecule has 1 heterocycles. The number of hydrogen-bond acceptors (Lipinski definition) is 8. The van der Waals surface area contributed by atoms with Crippen molar-refractivity contribution in [3.8, 4) is 0 Å². The van der Waals surface area contributed by atoms with Crippen molar-refractivity contribution in [3.63, 3.8) is 0 Å². The van der Waals surface area contributed by atoms with Crippen molar-refractivity contribution in [1.29, 1.82) is 0 Å². The van der Waals surface area contributed by atoms with Crippen molar-refractivity contribution in [2.45, 2.75) is 111 Å². The second-order valence-electron chi connectivity index (χ2n) is 13.6. The first kappa shape index (κ1) is 40.7. The van der Waals surface area contributed by atoms with Gasteiger partial charge in [-0.3, -0.25) is 24.1 Å². The van der Waals surface area contributed by atoms with Gasteiger partial charge in [-0.1, -0.05) is 54.9 Å². The van der Waals surface area contributed by atoms with E-state index < -0.39 is 30.2 Å². The third kappa shape index (κ3) is 10.9. The number of nitrogens with zero attached hydrogens (tertiary/aromatic N) is 3. The molecule has 12 heteroatoms. The van der Waals surface area contributed by atoms with Crippen LogP contribution in [0.4, 0.5) is 0 Å². The van der Waals surface area contributed by atoms with E-state index in [0.29, 0.717) is 19.6 Å². The number of nitrogens with two attached hydrogens (primary N) is 1. The summed E-state index contributed by atoms with van der Waals surface area (Å²) in [4.78, 5) is 59.4. The van der Waals surface area contributed by atoms with Gasteiger partial charge in [-0.25, -0.2) is 0 Å². The molecule has 262 valence electrons. The SMILES string of the molecule is CC[C@H](C)[C@@H]([C@H](CC(=O)N1CCC[C@H]1[C@H](OC)[C@@H](C)C(=O)NCCN)OC)N(C)C(=O)[C@@H](NC(=O)[C@H](C(C)C)N(C)C)C(C)C. The minimum atomic E-state index is -0.735. The number of likely N-dealkylation sites (tertiary alicyclic amines) is 1. The van der Waals surface area contributed by atoms with Crippen LogP contribution >= 0.6 is 0 Å². The molecule has 4 amide bonds. The van der Waals surface area contributed by atoms with Gasteiger partial charge in [0.25, 0.3) is 0 Å². The zero-order chi connectivity index (χ0) is 34.6. The molecule has 1 fully saturated rings. The number of rotatable bonds is 19. The van der Waals surface area contributed by atoms with Gasteiger partial charge < -0.3 is 35.6 Å². The van der Waals surface area contributed by atoms with Crippen LogP contribution in [0.1, 0.15) is 74.1 Å². The van der Waals surface area contributed by atoms with Gasteiger partial charge in [0.1, 0.15) is 6.04 Å². The second kappa shape index (κ2) is 19.4. The van der Waals surface area contributed by atoms with E-state index in [9.17, 15) is 19.2 Å². The van der Waals surface area contributed by atoms with Crippen molar-refractivity contribution >= 4 is 23.6 Å². The molecule has 1 aliphatic rings. The summed E-state index contributed by atoms with van der Waals surface area (Å²) < 4.78 is 11.8. The summed E-state index contributed by atoms with van der Waals surface area (Å²) in [5, 5.41) is 5.85. The normalized spacial score (nSPS) is 20.0. The van der Waals surface area contributed by atoms with E-state index in [-0.39, 0.29) is 59.9 Å². The molecule has 0 aliphatic carbocycles.